The van der Waals surface area contributed by atoms with E-state index in [-0.39, 0.29) is 17.2 Å². The topological polar surface area (TPSA) is 85.2 Å². The minimum absolute atomic E-state index is 0.273. The van der Waals surface area contributed by atoms with Gasteiger partial charge in [-0.25, -0.2) is 4.39 Å². The summed E-state index contributed by atoms with van der Waals surface area (Å²) < 4.78 is 18.0. The SMILES string of the molecule is O=C(COc1cc(F)ccc1[N+](=O)[O-])c1ccc[nH]1. The molecule has 0 aliphatic rings. The van der Waals surface area contributed by atoms with Crippen molar-refractivity contribution in [3.05, 3.63) is 58.2 Å². The number of aromatic nitrogens is 1. The van der Waals surface area contributed by atoms with E-state index in [1.165, 1.54) is 0 Å². The molecule has 2 aromatic rings. The number of Topliss-reactive ketones (excluding diaryl/α,β-unsaturated/α-hetero) is 1. The number of ether oxygens (including phenoxy) is 1. The number of H-pyrrole nitrogens is 1. The molecule has 0 saturated carbocycles. The first-order chi connectivity index (χ1) is 9.08. The highest BCUT2D eigenvalue weighted by molar-refractivity contribution is 5.95. The summed E-state index contributed by atoms with van der Waals surface area (Å²) in [7, 11) is 0. The summed E-state index contributed by atoms with van der Waals surface area (Å²) in [6, 6.07) is 6.01. The van der Waals surface area contributed by atoms with Crippen LogP contribution in [-0.2, 0) is 0 Å². The van der Waals surface area contributed by atoms with Crippen molar-refractivity contribution in [1.29, 1.82) is 0 Å². The first kappa shape index (κ1) is 12.7. The average Bonchev–Trinajstić information content (AvgIpc) is 2.89. The van der Waals surface area contributed by atoms with Crippen LogP contribution in [0.2, 0.25) is 0 Å². The molecule has 1 heterocycles. The van der Waals surface area contributed by atoms with Crippen LogP contribution in [0, 0.1) is 15.9 Å². The summed E-state index contributed by atoms with van der Waals surface area (Å²) in [6.07, 6.45) is 1.57. The number of carbonyl (C=O) groups excluding carboxylic acids is 1. The monoisotopic (exact) mass is 264 g/mol. The van der Waals surface area contributed by atoms with Crippen LogP contribution < -0.4 is 4.74 Å². The molecule has 0 bridgehead atoms. The minimum atomic E-state index is -0.701. The van der Waals surface area contributed by atoms with Gasteiger partial charge in [-0.2, -0.15) is 0 Å². The van der Waals surface area contributed by atoms with Crippen LogP contribution in [0.1, 0.15) is 10.5 Å². The van der Waals surface area contributed by atoms with Crippen LogP contribution in [0.5, 0.6) is 5.75 Å². The van der Waals surface area contributed by atoms with Gasteiger partial charge in [-0.05, 0) is 18.2 Å². The van der Waals surface area contributed by atoms with Gasteiger partial charge in [0.1, 0.15) is 5.82 Å². The number of nitro groups is 1. The molecule has 1 aromatic heterocycles. The van der Waals surface area contributed by atoms with E-state index in [9.17, 15) is 19.3 Å². The highest BCUT2D eigenvalue weighted by atomic mass is 19.1. The molecule has 2 rings (SSSR count). The van der Waals surface area contributed by atoms with Crippen molar-refractivity contribution in [2.75, 3.05) is 6.61 Å². The third kappa shape index (κ3) is 2.95. The van der Waals surface area contributed by atoms with Crippen LogP contribution in [0.4, 0.5) is 10.1 Å². The van der Waals surface area contributed by atoms with Gasteiger partial charge in [-0.3, -0.25) is 14.9 Å². The normalized spacial score (nSPS) is 10.2. The number of hydrogen-bond acceptors (Lipinski definition) is 4. The summed E-state index contributed by atoms with van der Waals surface area (Å²) in [5, 5.41) is 10.7. The van der Waals surface area contributed by atoms with E-state index in [4.69, 9.17) is 4.74 Å². The number of hydrogen-bond donors (Lipinski definition) is 1. The maximum atomic E-state index is 13.0. The molecular formula is C12H9FN2O4. The fourth-order valence-corrected chi connectivity index (χ4v) is 1.48. The van der Waals surface area contributed by atoms with Crippen LogP contribution in [-0.4, -0.2) is 22.3 Å². The lowest BCUT2D eigenvalue weighted by atomic mass is 10.3. The fraction of sp³-hybridized carbons (Fsp3) is 0.0833. The van der Waals surface area contributed by atoms with E-state index in [1.807, 2.05) is 0 Å². The van der Waals surface area contributed by atoms with E-state index in [0.29, 0.717) is 5.69 Å². The number of rotatable bonds is 5. The number of carbonyl (C=O) groups is 1. The summed E-state index contributed by atoms with van der Waals surface area (Å²) in [5.74, 6) is -1.33. The van der Waals surface area contributed by atoms with Crippen molar-refractivity contribution in [3.63, 3.8) is 0 Å². The molecule has 0 aliphatic carbocycles. The summed E-state index contributed by atoms with van der Waals surface area (Å²) in [5.41, 5.74) is -0.0697. The molecule has 0 amide bonds. The predicted octanol–water partition coefficient (Wildman–Crippen LogP) is 2.32. The first-order valence-corrected chi connectivity index (χ1v) is 5.31. The molecule has 0 atom stereocenters. The Morgan fingerprint density at radius 3 is 2.84 bits per heavy atom. The fourth-order valence-electron chi connectivity index (χ4n) is 1.48. The second-order valence-corrected chi connectivity index (χ2v) is 3.66. The van der Waals surface area contributed by atoms with Gasteiger partial charge in [0.05, 0.1) is 10.6 Å². The third-order valence-corrected chi connectivity index (χ3v) is 2.38. The molecule has 6 nitrogen and oxygen atoms in total. The maximum Gasteiger partial charge on any atom is 0.311 e. The summed E-state index contributed by atoms with van der Waals surface area (Å²) in [6.45, 7) is -0.412. The lowest BCUT2D eigenvalue weighted by molar-refractivity contribution is -0.385. The second-order valence-electron chi connectivity index (χ2n) is 3.66. The van der Waals surface area contributed by atoms with Gasteiger partial charge in [0.2, 0.25) is 5.78 Å². The van der Waals surface area contributed by atoms with Gasteiger partial charge in [-0.1, -0.05) is 0 Å². The van der Waals surface area contributed by atoms with E-state index < -0.39 is 17.3 Å². The van der Waals surface area contributed by atoms with E-state index in [0.717, 1.165) is 18.2 Å². The largest absolute Gasteiger partial charge is 0.478 e. The lowest BCUT2D eigenvalue weighted by Crippen LogP contribution is -2.12. The molecule has 0 unspecified atom stereocenters. The van der Waals surface area contributed by atoms with Crippen LogP contribution in [0.3, 0.4) is 0 Å². The molecule has 7 heteroatoms. The molecule has 0 spiro atoms. The Morgan fingerprint density at radius 2 is 2.21 bits per heavy atom. The standard InChI is InChI=1S/C12H9FN2O4/c13-8-3-4-10(15(17)18)12(6-8)19-7-11(16)9-2-1-5-14-9/h1-6,14H,7H2. The van der Waals surface area contributed by atoms with Crippen molar-refractivity contribution in [2.24, 2.45) is 0 Å². The highest BCUT2D eigenvalue weighted by Crippen LogP contribution is 2.27. The molecule has 19 heavy (non-hydrogen) atoms. The summed E-state index contributed by atoms with van der Waals surface area (Å²) >= 11 is 0. The van der Waals surface area contributed by atoms with Gasteiger partial charge in [0.15, 0.2) is 12.4 Å². The quantitative estimate of drug-likeness (QED) is 0.510. The number of benzene rings is 1. The zero-order valence-corrected chi connectivity index (χ0v) is 9.63. The molecule has 1 N–H and O–H groups in total. The molecule has 0 aliphatic heterocycles. The number of halogens is 1. The van der Waals surface area contributed by atoms with Crippen molar-refractivity contribution in [1.82, 2.24) is 4.98 Å². The van der Waals surface area contributed by atoms with Crippen molar-refractivity contribution < 1.29 is 18.8 Å². The zero-order chi connectivity index (χ0) is 13.8. The summed E-state index contributed by atoms with van der Waals surface area (Å²) in [4.78, 5) is 24.3. The molecule has 98 valence electrons. The van der Waals surface area contributed by atoms with Gasteiger partial charge in [0, 0.05) is 18.3 Å². The second kappa shape index (κ2) is 5.30. The number of nitrogens with zero attached hydrogens (tertiary/aromatic N) is 1. The lowest BCUT2D eigenvalue weighted by Gasteiger charge is -2.05. The van der Waals surface area contributed by atoms with E-state index in [2.05, 4.69) is 4.98 Å². The number of nitrogens with one attached hydrogen (secondary N) is 1. The highest BCUT2D eigenvalue weighted by Gasteiger charge is 2.17. The molecule has 1 aromatic carbocycles. The Labute approximate surface area is 107 Å². The van der Waals surface area contributed by atoms with Gasteiger partial charge >= 0.3 is 5.69 Å². The van der Waals surface area contributed by atoms with Crippen LogP contribution >= 0.6 is 0 Å². The minimum Gasteiger partial charge on any atom is -0.478 e. The maximum absolute atomic E-state index is 13.0. The van der Waals surface area contributed by atoms with Gasteiger partial charge in [-0.15, -0.1) is 0 Å². The van der Waals surface area contributed by atoms with Crippen LogP contribution in [0.15, 0.2) is 36.5 Å². The van der Waals surface area contributed by atoms with Gasteiger partial charge in [0.25, 0.3) is 0 Å². The molecular weight excluding hydrogens is 255 g/mol. The Kier molecular flexibility index (Phi) is 3.56. The van der Waals surface area contributed by atoms with Crippen molar-refractivity contribution in [2.45, 2.75) is 0 Å². The number of aromatic amines is 1. The van der Waals surface area contributed by atoms with E-state index >= 15 is 0 Å². The Morgan fingerprint density at radius 1 is 1.42 bits per heavy atom. The molecule has 0 fully saturated rings. The van der Waals surface area contributed by atoms with E-state index in [1.54, 1.807) is 18.3 Å². The van der Waals surface area contributed by atoms with Crippen molar-refractivity contribution in [3.8, 4) is 5.75 Å². The Bertz CT molecular complexity index is 610. The zero-order valence-electron chi connectivity index (χ0n) is 9.63. The molecule has 0 radical (unpaired) electrons. The Hall–Kier alpha value is -2.70. The van der Waals surface area contributed by atoms with Gasteiger partial charge < -0.3 is 9.72 Å². The first-order valence-electron chi connectivity index (χ1n) is 5.31. The number of nitro benzene ring substituents is 1. The van der Waals surface area contributed by atoms with Crippen molar-refractivity contribution >= 4 is 11.5 Å². The average molecular weight is 264 g/mol. The Balaban J connectivity index is 2.13. The third-order valence-electron chi connectivity index (χ3n) is 2.38. The predicted molar refractivity (Wildman–Crippen MR) is 63.7 cm³/mol. The smallest absolute Gasteiger partial charge is 0.311 e. The molecule has 0 saturated heterocycles. The number of ketones is 1. The van der Waals surface area contributed by atoms with Crippen LogP contribution in [0.25, 0.3) is 0 Å².